The van der Waals surface area contributed by atoms with E-state index >= 15 is 0 Å². The molecule has 0 saturated heterocycles. The van der Waals surface area contributed by atoms with E-state index in [1.165, 1.54) is 11.8 Å². The second-order valence-electron chi connectivity index (χ2n) is 3.23. The minimum atomic E-state index is -0.878. The van der Waals surface area contributed by atoms with Gasteiger partial charge >= 0.3 is 12.1 Å². The maximum atomic E-state index is 11.1. The maximum Gasteiger partial charge on any atom is 0.413 e. The van der Waals surface area contributed by atoms with E-state index in [-0.39, 0.29) is 13.0 Å². The number of nitrogens with two attached hydrogens (primary N) is 1. The molecular weight excluding hydrogens is 306 g/mol. The molecule has 4 amide bonds. The van der Waals surface area contributed by atoms with Crippen LogP contribution in [0.4, 0.5) is 14.7 Å². The zero-order chi connectivity index (χ0) is 15.0. The van der Waals surface area contributed by atoms with Gasteiger partial charge < -0.3 is 10.5 Å². The number of hydrogen-bond acceptors (Lipinski definition) is 8. The number of carbonyl (C=O) groups is 3. The Bertz CT molecular complexity index is 492. The van der Waals surface area contributed by atoms with Crippen molar-refractivity contribution in [1.29, 1.82) is 0 Å². The molecule has 0 fully saturated rings. The van der Waals surface area contributed by atoms with Gasteiger partial charge in [0.2, 0.25) is 11.0 Å². The first-order valence-corrected chi connectivity index (χ1v) is 7.30. The molecule has 0 aromatic carbocycles. The molecule has 1 aromatic heterocycles. The summed E-state index contributed by atoms with van der Waals surface area (Å²) in [5.41, 5.74) is 4.80. The number of urea groups is 1. The molecule has 1 aromatic rings. The highest BCUT2D eigenvalue weighted by Crippen LogP contribution is 2.25. The topological polar surface area (TPSA) is 136 Å². The largest absolute Gasteiger partial charge is 0.450 e. The monoisotopic (exact) mass is 319 g/mol. The van der Waals surface area contributed by atoms with Crippen LogP contribution >= 0.6 is 23.1 Å². The van der Waals surface area contributed by atoms with Crippen molar-refractivity contribution in [1.82, 2.24) is 15.5 Å². The van der Waals surface area contributed by atoms with Crippen molar-refractivity contribution in [3.63, 3.8) is 0 Å². The summed E-state index contributed by atoms with van der Waals surface area (Å²) in [7, 11) is 0. The number of thioether (sulfide) groups is 1. The fourth-order valence-electron chi connectivity index (χ4n) is 1.00. The Morgan fingerprint density at radius 3 is 2.80 bits per heavy atom. The maximum absolute atomic E-state index is 11.1. The molecule has 0 bridgehead atoms. The van der Waals surface area contributed by atoms with E-state index in [1.54, 1.807) is 6.92 Å². The van der Waals surface area contributed by atoms with E-state index in [2.05, 4.69) is 20.3 Å². The van der Waals surface area contributed by atoms with Gasteiger partial charge in [-0.1, -0.05) is 23.1 Å². The van der Waals surface area contributed by atoms with Crippen LogP contribution in [-0.4, -0.2) is 40.6 Å². The fourth-order valence-corrected chi connectivity index (χ4v) is 2.75. The summed E-state index contributed by atoms with van der Waals surface area (Å²) in [6, 6.07) is -0.878. The molecule has 0 aliphatic carbocycles. The highest BCUT2D eigenvalue weighted by molar-refractivity contribution is 8.01. The van der Waals surface area contributed by atoms with Crippen LogP contribution in [0.15, 0.2) is 4.34 Å². The first kappa shape index (κ1) is 16.2. The smallest absolute Gasteiger partial charge is 0.413 e. The summed E-state index contributed by atoms with van der Waals surface area (Å²) in [6.45, 7) is 1.96. The van der Waals surface area contributed by atoms with Crippen LogP contribution in [0.3, 0.4) is 0 Å². The van der Waals surface area contributed by atoms with Crippen molar-refractivity contribution < 1.29 is 19.1 Å². The van der Waals surface area contributed by atoms with Gasteiger partial charge in [0.1, 0.15) is 0 Å². The second-order valence-corrected chi connectivity index (χ2v) is 5.55. The van der Waals surface area contributed by atoms with Crippen LogP contribution in [0, 0.1) is 0 Å². The molecule has 1 rings (SSSR count). The van der Waals surface area contributed by atoms with E-state index in [0.29, 0.717) is 15.2 Å². The van der Waals surface area contributed by atoms with Gasteiger partial charge in [0, 0.05) is 12.2 Å². The average molecular weight is 319 g/mol. The number of rotatable bonds is 6. The van der Waals surface area contributed by atoms with Crippen molar-refractivity contribution in [2.45, 2.75) is 17.7 Å². The number of carbonyl (C=O) groups excluding carboxylic acids is 3. The molecule has 0 aliphatic rings. The molecule has 0 aliphatic heterocycles. The molecule has 110 valence electrons. The third-order valence-electron chi connectivity index (χ3n) is 1.71. The van der Waals surface area contributed by atoms with E-state index in [0.717, 1.165) is 11.3 Å². The summed E-state index contributed by atoms with van der Waals surface area (Å²) < 4.78 is 5.28. The van der Waals surface area contributed by atoms with Gasteiger partial charge in [-0.05, 0) is 6.92 Å². The fraction of sp³-hybridized carbons (Fsp3) is 0.444. The number of primary amides is 1. The normalized spacial score (nSPS) is 9.85. The van der Waals surface area contributed by atoms with Gasteiger partial charge in [0.05, 0.1) is 6.61 Å². The molecule has 20 heavy (non-hydrogen) atoms. The number of anilines is 1. The molecule has 11 heteroatoms. The lowest BCUT2D eigenvalue weighted by Gasteiger charge is -1.99. The number of nitrogens with one attached hydrogen (secondary N) is 2. The van der Waals surface area contributed by atoms with E-state index in [1.807, 2.05) is 5.32 Å². The Balaban J connectivity index is 2.31. The van der Waals surface area contributed by atoms with Crippen LogP contribution in [0.25, 0.3) is 0 Å². The van der Waals surface area contributed by atoms with E-state index in [9.17, 15) is 14.4 Å². The number of imide groups is 1. The van der Waals surface area contributed by atoms with Crippen LogP contribution in [0.1, 0.15) is 13.3 Å². The quantitative estimate of drug-likeness (QED) is 0.520. The zero-order valence-electron chi connectivity index (χ0n) is 10.5. The molecule has 0 saturated carbocycles. The minimum absolute atomic E-state index is 0.119. The predicted octanol–water partition coefficient (Wildman–Crippen LogP) is 0.784. The van der Waals surface area contributed by atoms with Gasteiger partial charge in [-0.15, -0.1) is 10.2 Å². The summed E-state index contributed by atoms with van der Waals surface area (Å²) >= 11 is 2.44. The SMILES string of the molecule is CCOC(=O)Nc1nnc(SCCC(=O)NC(N)=O)s1. The lowest BCUT2D eigenvalue weighted by atomic mass is 10.4. The molecule has 0 spiro atoms. The Kier molecular flexibility index (Phi) is 6.73. The molecule has 0 atom stereocenters. The third kappa shape index (κ3) is 6.33. The van der Waals surface area contributed by atoms with Gasteiger partial charge in [-0.3, -0.25) is 15.4 Å². The van der Waals surface area contributed by atoms with Crippen molar-refractivity contribution >= 4 is 46.3 Å². The van der Waals surface area contributed by atoms with Crippen molar-refractivity contribution in [3.05, 3.63) is 0 Å². The Morgan fingerprint density at radius 2 is 2.15 bits per heavy atom. The molecule has 0 unspecified atom stereocenters. The van der Waals surface area contributed by atoms with Crippen LogP contribution < -0.4 is 16.4 Å². The van der Waals surface area contributed by atoms with Gasteiger partial charge in [0.15, 0.2) is 4.34 Å². The number of amides is 4. The number of nitrogens with zero attached hydrogens (tertiary/aromatic N) is 2. The number of aromatic nitrogens is 2. The average Bonchev–Trinajstić information content (AvgIpc) is 2.76. The molecular formula is C9H13N5O4S2. The van der Waals surface area contributed by atoms with Crippen molar-refractivity contribution in [2.24, 2.45) is 5.73 Å². The summed E-state index contributed by atoms with van der Waals surface area (Å²) in [6.07, 6.45) is -0.477. The minimum Gasteiger partial charge on any atom is -0.450 e. The molecule has 9 nitrogen and oxygen atoms in total. The van der Waals surface area contributed by atoms with Crippen molar-refractivity contribution in [2.75, 3.05) is 17.7 Å². The van der Waals surface area contributed by atoms with Crippen molar-refractivity contribution in [3.8, 4) is 0 Å². The second kappa shape index (κ2) is 8.32. The number of hydrogen-bond donors (Lipinski definition) is 3. The van der Waals surface area contributed by atoms with Gasteiger partial charge in [0.25, 0.3) is 0 Å². The number of ether oxygens (including phenoxy) is 1. The highest BCUT2D eigenvalue weighted by Gasteiger charge is 2.10. The lowest BCUT2D eigenvalue weighted by molar-refractivity contribution is -0.119. The summed E-state index contributed by atoms with van der Waals surface area (Å²) in [4.78, 5) is 32.7. The lowest BCUT2D eigenvalue weighted by Crippen LogP contribution is -2.35. The zero-order valence-corrected chi connectivity index (χ0v) is 12.2. The Morgan fingerprint density at radius 1 is 1.40 bits per heavy atom. The first-order valence-electron chi connectivity index (χ1n) is 5.50. The summed E-state index contributed by atoms with van der Waals surface area (Å²) in [5.74, 6) is -0.0490. The van der Waals surface area contributed by atoms with Gasteiger partial charge in [-0.2, -0.15) is 0 Å². The van der Waals surface area contributed by atoms with Crippen LogP contribution in [0.5, 0.6) is 0 Å². The standard InChI is InChI=1S/C9H13N5O4S2/c1-2-18-8(17)12-7-13-14-9(20-7)19-4-3-5(15)11-6(10)16/h2-4H2,1H3,(H,12,13,17)(H3,10,11,15,16). The summed E-state index contributed by atoms with van der Waals surface area (Å²) in [5, 5.41) is 12.3. The molecule has 1 heterocycles. The van der Waals surface area contributed by atoms with Gasteiger partial charge in [-0.25, -0.2) is 9.59 Å². The first-order chi connectivity index (χ1) is 9.51. The predicted molar refractivity (Wildman–Crippen MR) is 73.6 cm³/mol. The Hall–Kier alpha value is -1.88. The molecule has 4 N–H and O–H groups in total. The molecule has 0 radical (unpaired) electrons. The van der Waals surface area contributed by atoms with E-state index < -0.39 is 18.0 Å². The van der Waals surface area contributed by atoms with Crippen LogP contribution in [0.2, 0.25) is 0 Å². The third-order valence-corrected chi connectivity index (χ3v) is 3.68. The highest BCUT2D eigenvalue weighted by atomic mass is 32.2. The van der Waals surface area contributed by atoms with E-state index in [4.69, 9.17) is 5.73 Å². The Labute approximate surface area is 122 Å². The van der Waals surface area contributed by atoms with Crippen LogP contribution in [-0.2, 0) is 9.53 Å².